The van der Waals surface area contributed by atoms with Crippen LogP contribution >= 0.6 is 0 Å². The fourth-order valence-corrected chi connectivity index (χ4v) is 4.06. The Morgan fingerprint density at radius 2 is 1.97 bits per heavy atom. The zero-order valence-corrected chi connectivity index (χ0v) is 18.1. The van der Waals surface area contributed by atoms with Crippen LogP contribution in [-0.2, 0) is 10.7 Å². The highest BCUT2D eigenvalue weighted by atomic mass is 19.3. The maximum Gasteiger partial charge on any atom is 0.325 e. The van der Waals surface area contributed by atoms with E-state index in [-0.39, 0.29) is 11.6 Å². The van der Waals surface area contributed by atoms with Gasteiger partial charge in [-0.3, -0.25) is 4.98 Å². The molecule has 0 bridgehead atoms. The molecule has 4 rings (SSSR count). The van der Waals surface area contributed by atoms with Gasteiger partial charge in [0.2, 0.25) is 0 Å². The number of oxazole rings is 1. The van der Waals surface area contributed by atoms with Gasteiger partial charge < -0.3 is 20.6 Å². The van der Waals surface area contributed by atoms with E-state index >= 15 is 0 Å². The van der Waals surface area contributed by atoms with Gasteiger partial charge in [0, 0.05) is 40.1 Å². The number of nitrogens with two attached hydrogens (primary N) is 2. The van der Waals surface area contributed by atoms with Crippen molar-refractivity contribution in [3.63, 3.8) is 0 Å². The van der Waals surface area contributed by atoms with Gasteiger partial charge in [-0.05, 0) is 38.0 Å². The first-order valence-electron chi connectivity index (χ1n) is 10.5. The van der Waals surface area contributed by atoms with Crippen molar-refractivity contribution in [3.8, 4) is 22.6 Å². The number of halogens is 2. The molecule has 32 heavy (non-hydrogen) atoms. The number of ether oxygens (including phenoxy) is 1. The normalized spacial score (nSPS) is 15.3. The van der Waals surface area contributed by atoms with E-state index in [1.807, 2.05) is 13.0 Å². The van der Waals surface area contributed by atoms with E-state index in [9.17, 15) is 8.78 Å². The SMILES string of the molecule is CO/C(N)=C/c1ccc(-c2nc(C)ccc2-c2cnc(C(F)(F)C3CCCC3)o2)cc1N. The quantitative estimate of drug-likeness (QED) is 0.389. The summed E-state index contributed by atoms with van der Waals surface area (Å²) in [6.45, 7) is 1.85. The van der Waals surface area contributed by atoms with Gasteiger partial charge in [0.1, 0.15) is 0 Å². The lowest BCUT2D eigenvalue weighted by Crippen LogP contribution is -2.23. The van der Waals surface area contributed by atoms with Crippen molar-refractivity contribution >= 4 is 11.8 Å². The van der Waals surface area contributed by atoms with Crippen molar-refractivity contribution in [2.45, 2.75) is 38.5 Å². The minimum Gasteiger partial charge on any atom is -0.483 e. The number of anilines is 1. The summed E-state index contributed by atoms with van der Waals surface area (Å²) in [4.78, 5) is 8.56. The molecule has 0 aliphatic heterocycles. The maximum atomic E-state index is 14.9. The fraction of sp³-hybridized carbons (Fsp3) is 0.333. The molecule has 8 heteroatoms. The molecule has 1 aromatic carbocycles. The Balaban J connectivity index is 1.73. The number of rotatable bonds is 6. The number of aryl methyl sites for hydroxylation is 1. The van der Waals surface area contributed by atoms with E-state index in [4.69, 9.17) is 20.6 Å². The predicted octanol–water partition coefficient (Wildman–Crippen LogP) is 5.48. The summed E-state index contributed by atoms with van der Waals surface area (Å²) in [5.74, 6) is -3.89. The molecule has 1 aliphatic rings. The second-order valence-electron chi connectivity index (χ2n) is 8.08. The molecule has 0 unspecified atom stereocenters. The largest absolute Gasteiger partial charge is 0.483 e. The van der Waals surface area contributed by atoms with Crippen molar-refractivity contribution < 1.29 is 17.9 Å². The number of hydrogen-bond acceptors (Lipinski definition) is 6. The zero-order chi connectivity index (χ0) is 22.9. The summed E-state index contributed by atoms with van der Waals surface area (Å²) in [7, 11) is 1.47. The molecule has 3 aromatic rings. The van der Waals surface area contributed by atoms with E-state index in [2.05, 4.69) is 9.97 Å². The summed E-state index contributed by atoms with van der Waals surface area (Å²) in [6.07, 6.45) is 5.54. The molecular formula is C24H26F2N4O2. The summed E-state index contributed by atoms with van der Waals surface area (Å²) in [5, 5.41) is 0. The zero-order valence-electron chi connectivity index (χ0n) is 18.1. The van der Waals surface area contributed by atoms with Crippen LogP contribution in [-0.4, -0.2) is 17.1 Å². The molecule has 6 nitrogen and oxygen atoms in total. The van der Waals surface area contributed by atoms with E-state index < -0.39 is 17.7 Å². The van der Waals surface area contributed by atoms with Crippen LogP contribution in [0.2, 0.25) is 0 Å². The number of hydrogen-bond donors (Lipinski definition) is 2. The van der Waals surface area contributed by atoms with E-state index in [0.29, 0.717) is 35.3 Å². The molecule has 1 aliphatic carbocycles. The second-order valence-corrected chi connectivity index (χ2v) is 8.08. The van der Waals surface area contributed by atoms with Crippen LogP contribution in [0.5, 0.6) is 0 Å². The molecule has 2 heterocycles. The van der Waals surface area contributed by atoms with Crippen molar-refractivity contribution in [2.75, 3.05) is 12.8 Å². The average molecular weight is 440 g/mol. The Morgan fingerprint density at radius 3 is 2.66 bits per heavy atom. The highest BCUT2D eigenvalue weighted by Gasteiger charge is 2.46. The Hall–Kier alpha value is -3.42. The van der Waals surface area contributed by atoms with E-state index in [1.54, 1.807) is 30.3 Å². The highest BCUT2D eigenvalue weighted by Crippen LogP contribution is 2.45. The first kappa shape index (κ1) is 21.8. The van der Waals surface area contributed by atoms with Crippen LogP contribution in [0.15, 0.2) is 46.8 Å². The Bertz CT molecular complexity index is 1150. The smallest absolute Gasteiger partial charge is 0.325 e. The maximum absolute atomic E-state index is 14.9. The third-order valence-corrected chi connectivity index (χ3v) is 5.85. The van der Waals surface area contributed by atoms with Crippen molar-refractivity contribution in [2.24, 2.45) is 11.7 Å². The van der Waals surface area contributed by atoms with Gasteiger partial charge in [-0.25, -0.2) is 4.98 Å². The Kier molecular flexibility index (Phi) is 5.86. The molecule has 1 fully saturated rings. The first-order valence-corrected chi connectivity index (χ1v) is 10.5. The van der Waals surface area contributed by atoms with Crippen LogP contribution in [0, 0.1) is 12.8 Å². The minimum atomic E-state index is -3.09. The second kappa shape index (κ2) is 8.61. The predicted molar refractivity (Wildman–Crippen MR) is 119 cm³/mol. The summed E-state index contributed by atoms with van der Waals surface area (Å²) in [5.41, 5.74) is 15.7. The average Bonchev–Trinajstić information content (AvgIpc) is 3.48. The number of nitrogen functional groups attached to an aromatic ring is 1. The minimum absolute atomic E-state index is 0.233. The summed E-state index contributed by atoms with van der Waals surface area (Å²) in [6, 6.07) is 8.98. The molecule has 2 aromatic heterocycles. The summed E-state index contributed by atoms with van der Waals surface area (Å²) < 4.78 is 40.4. The molecule has 0 saturated heterocycles. The van der Waals surface area contributed by atoms with Crippen LogP contribution in [0.4, 0.5) is 14.5 Å². The monoisotopic (exact) mass is 440 g/mol. The van der Waals surface area contributed by atoms with Gasteiger partial charge in [0.05, 0.1) is 19.0 Å². The van der Waals surface area contributed by atoms with Crippen LogP contribution in [0.25, 0.3) is 28.7 Å². The van der Waals surface area contributed by atoms with Crippen molar-refractivity contribution in [1.82, 2.24) is 9.97 Å². The number of methoxy groups -OCH3 is 1. The highest BCUT2D eigenvalue weighted by molar-refractivity contribution is 5.81. The molecular weight excluding hydrogens is 414 g/mol. The number of aromatic nitrogens is 2. The van der Waals surface area contributed by atoms with Crippen LogP contribution in [0.3, 0.4) is 0 Å². The molecule has 4 N–H and O–H groups in total. The van der Waals surface area contributed by atoms with Gasteiger partial charge >= 0.3 is 5.92 Å². The number of nitrogens with zero attached hydrogens (tertiary/aromatic N) is 2. The Labute approximate surface area is 185 Å². The van der Waals surface area contributed by atoms with Crippen molar-refractivity contribution in [3.05, 3.63) is 59.6 Å². The molecule has 0 spiro atoms. The third kappa shape index (κ3) is 4.17. The molecule has 0 radical (unpaired) electrons. The first-order chi connectivity index (χ1) is 15.3. The topological polar surface area (TPSA) is 100 Å². The summed E-state index contributed by atoms with van der Waals surface area (Å²) >= 11 is 0. The molecule has 0 amide bonds. The van der Waals surface area contributed by atoms with Gasteiger partial charge in [0.25, 0.3) is 5.89 Å². The molecule has 0 atom stereocenters. The molecule has 1 saturated carbocycles. The number of alkyl halides is 2. The molecule has 168 valence electrons. The van der Waals surface area contributed by atoms with Gasteiger partial charge in [0.15, 0.2) is 11.6 Å². The van der Waals surface area contributed by atoms with Gasteiger partial charge in [-0.15, -0.1) is 0 Å². The van der Waals surface area contributed by atoms with E-state index in [1.165, 1.54) is 13.3 Å². The van der Waals surface area contributed by atoms with Gasteiger partial charge in [-0.2, -0.15) is 8.78 Å². The fourth-order valence-electron chi connectivity index (χ4n) is 4.06. The van der Waals surface area contributed by atoms with Crippen LogP contribution < -0.4 is 11.5 Å². The van der Waals surface area contributed by atoms with E-state index in [0.717, 1.165) is 24.1 Å². The Morgan fingerprint density at radius 1 is 1.22 bits per heavy atom. The lowest BCUT2D eigenvalue weighted by atomic mass is 10.00. The lowest BCUT2D eigenvalue weighted by molar-refractivity contribution is -0.0846. The third-order valence-electron chi connectivity index (χ3n) is 5.85. The number of pyridine rings is 1. The van der Waals surface area contributed by atoms with Gasteiger partial charge in [-0.1, -0.05) is 25.0 Å². The van der Waals surface area contributed by atoms with Crippen molar-refractivity contribution in [1.29, 1.82) is 0 Å². The lowest BCUT2D eigenvalue weighted by Gasteiger charge is -2.19. The van der Waals surface area contributed by atoms with Crippen LogP contribution in [0.1, 0.15) is 42.8 Å². The standard InChI is InChI=1S/C24H26F2N4O2/c1-14-7-10-18(20-13-29-23(32-20)24(25,26)17-5-3-4-6-17)22(30-14)16-9-8-15(19(27)11-16)12-21(28)31-2/h7-13,17H,3-6,27-28H2,1-2H3/b21-12+. The number of benzene rings is 1.